The SMILES string of the molecule is O=c1c2cc3c(=O)n(-c4n[nH]c(C5CCCCC5)n4)ccc3nc2ccn1Cc1ccncc1. The number of aromatic nitrogens is 7. The molecule has 170 valence electrons. The first-order chi connectivity index (χ1) is 16.7. The lowest BCUT2D eigenvalue weighted by molar-refractivity contribution is 0.429. The van der Waals surface area contributed by atoms with Gasteiger partial charge in [0.15, 0.2) is 0 Å². The number of nitrogens with one attached hydrogen (secondary N) is 1. The van der Waals surface area contributed by atoms with Gasteiger partial charge in [-0.15, -0.1) is 5.10 Å². The molecule has 34 heavy (non-hydrogen) atoms. The van der Waals surface area contributed by atoms with Crippen LogP contribution in [0.4, 0.5) is 0 Å². The van der Waals surface area contributed by atoms with Crippen molar-refractivity contribution >= 4 is 21.8 Å². The average Bonchev–Trinajstić information content (AvgIpc) is 3.37. The van der Waals surface area contributed by atoms with Gasteiger partial charge in [0.05, 0.1) is 28.4 Å². The zero-order valence-electron chi connectivity index (χ0n) is 18.5. The van der Waals surface area contributed by atoms with Gasteiger partial charge in [0, 0.05) is 30.7 Å². The molecule has 1 aliphatic rings. The van der Waals surface area contributed by atoms with Gasteiger partial charge in [-0.3, -0.25) is 19.7 Å². The Hall–Kier alpha value is -4.14. The van der Waals surface area contributed by atoms with Crippen molar-refractivity contribution < 1.29 is 0 Å². The molecule has 1 aliphatic carbocycles. The number of nitrogens with zero attached hydrogens (tertiary/aromatic N) is 6. The molecule has 0 amide bonds. The Morgan fingerprint density at radius 1 is 0.882 bits per heavy atom. The van der Waals surface area contributed by atoms with E-state index in [9.17, 15) is 9.59 Å². The van der Waals surface area contributed by atoms with E-state index in [1.54, 1.807) is 47.6 Å². The Bertz CT molecular complexity index is 1610. The molecule has 1 N–H and O–H groups in total. The molecule has 0 spiro atoms. The summed E-state index contributed by atoms with van der Waals surface area (Å²) in [6, 6.07) is 8.93. The summed E-state index contributed by atoms with van der Waals surface area (Å²) in [6.07, 6.45) is 12.6. The molecule has 0 saturated heterocycles. The molecule has 0 aliphatic heterocycles. The second-order valence-electron chi connectivity index (χ2n) is 8.80. The van der Waals surface area contributed by atoms with Crippen molar-refractivity contribution in [1.82, 2.24) is 34.3 Å². The van der Waals surface area contributed by atoms with E-state index in [-0.39, 0.29) is 11.1 Å². The minimum absolute atomic E-state index is 0.198. The fraction of sp³-hybridized carbons (Fsp3) is 0.280. The molecule has 6 rings (SSSR count). The van der Waals surface area contributed by atoms with Crippen molar-refractivity contribution in [3.8, 4) is 5.95 Å². The third-order valence-corrected chi connectivity index (χ3v) is 6.62. The lowest BCUT2D eigenvalue weighted by atomic mass is 9.89. The molecule has 0 unspecified atom stereocenters. The lowest BCUT2D eigenvalue weighted by Crippen LogP contribution is -2.22. The van der Waals surface area contributed by atoms with Crippen LogP contribution >= 0.6 is 0 Å². The second-order valence-corrected chi connectivity index (χ2v) is 8.80. The summed E-state index contributed by atoms with van der Waals surface area (Å²) in [6.45, 7) is 0.412. The smallest absolute Gasteiger partial charge is 0.267 e. The summed E-state index contributed by atoms with van der Waals surface area (Å²) in [4.78, 5) is 39.8. The van der Waals surface area contributed by atoms with E-state index >= 15 is 0 Å². The number of fused-ring (bicyclic) bond motifs is 2. The zero-order chi connectivity index (χ0) is 23.1. The van der Waals surface area contributed by atoms with Gasteiger partial charge in [0.25, 0.3) is 17.1 Å². The molecule has 0 atom stereocenters. The van der Waals surface area contributed by atoms with Crippen molar-refractivity contribution in [2.24, 2.45) is 0 Å². The normalized spacial score (nSPS) is 14.7. The summed E-state index contributed by atoms with van der Waals surface area (Å²) >= 11 is 0. The summed E-state index contributed by atoms with van der Waals surface area (Å²) in [5.41, 5.74) is 1.55. The molecule has 5 heterocycles. The number of pyridine rings is 4. The molecule has 0 aromatic carbocycles. The number of H-pyrrole nitrogens is 1. The Morgan fingerprint density at radius 3 is 2.41 bits per heavy atom. The monoisotopic (exact) mass is 453 g/mol. The summed E-state index contributed by atoms with van der Waals surface area (Å²) in [5, 5.41) is 8.09. The van der Waals surface area contributed by atoms with Crippen molar-refractivity contribution in [2.45, 2.75) is 44.6 Å². The highest BCUT2D eigenvalue weighted by Crippen LogP contribution is 2.30. The Balaban J connectivity index is 1.42. The van der Waals surface area contributed by atoms with E-state index in [1.165, 1.54) is 23.8 Å². The standard InChI is InChI=1S/C25H23N7O2/c33-23-18-14-19-21(27-20(18)8-12-31(23)15-16-6-10-26-11-7-16)9-13-32(24(19)34)25-28-22(29-30-25)17-4-2-1-3-5-17/h6-14,17H,1-5,15H2,(H,28,29,30). The first-order valence-electron chi connectivity index (χ1n) is 11.5. The first kappa shape index (κ1) is 20.5. The minimum atomic E-state index is -0.301. The molecule has 1 fully saturated rings. The number of hydrogen-bond donors (Lipinski definition) is 1. The molecule has 0 bridgehead atoms. The third kappa shape index (κ3) is 3.59. The molecule has 5 aromatic heterocycles. The fourth-order valence-electron chi connectivity index (χ4n) is 4.76. The Kier molecular flexibility index (Phi) is 5.01. The third-order valence-electron chi connectivity index (χ3n) is 6.62. The predicted molar refractivity (Wildman–Crippen MR) is 128 cm³/mol. The van der Waals surface area contributed by atoms with Gasteiger partial charge >= 0.3 is 0 Å². The summed E-state index contributed by atoms with van der Waals surface area (Å²) in [5.74, 6) is 1.50. The van der Waals surface area contributed by atoms with E-state index in [0.29, 0.717) is 40.2 Å². The van der Waals surface area contributed by atoms with Crippen LogP contribution in [0.2, 0.25) is 0 Å². The minimum Gasteiger partial charge on any atom is -0.310 e. The van der Waals surface area contributed by atoms with Gasteiger partial charge in [0.1, 0.15) is 5.82 Å². The van der Waals surface area contributed by atoms with Crippen molar-refractivity contribution in [3.05, 3.63) is 87.2 Å². The lowest BCUT2D eigenvalue weighted by Gasteiger charge is -2.18. The zero-order valence-corrected chi connectivity index (χ0v) is 18.5. The maximum atomic E-state index is 13.4. The quantitative estimate of drug-likeness (QED) is 0.418. The van der Waals surface area contributed by atoms with Gasteiger partial charge in [-0.2, -0.15) is 4.98 Å². The van der Waals surface area contributed by atoms with Crippen LogP contribution in [0.15, 0.2) is 64.7 Å². The highest BCUT2D eigenvalue weighted by molar-refractivity contribution is 5.91. The molecule has 9 heteroatoms. The molecule has 5 aromatic rings. The van der Waals surface area contributed by atoms with Crippen LogP contribution in [0.5, 0.6) is 0 Å². The number of aromatic amines is 1. The van der Waals surface area contributed by atoms with E-state index in [2.05, 4.69) is 25.1 Å². The maximum absolute atomic E-state index is 13.4. The first-order valence-corrected chi connectivity index (χ1v) is 11.5. The van der Waals surface area contributed by atoms with Gasteiger partial charge in [0.2, 0.25) is 0 Å². The van der Waals surface area contributed by atoms with E-state index in [1.807, 2.05) is 12.1 Å². The van der Waals surface area contributed by atoms with Crippen LogP contribution in [-0.4, -0.2) is 34.3 Å². The highest BCUT2D eigenvalue weighted by Gasteiger charge is 2.20. The van der Waals surface area contributed by atoms with E-state index < -0.39 is 0 Å². The highest BCUT2D eigenvalue weighted by atomic mass is 16.1. The van der Waals surface area contributed by atoms with E-state index in [0.717, 1.165) is 24.2 Å². The van der Waals surface area contributed by atoms with Gasteiger partial charge < -0.3 is 4.57 Å². The summed E-state index contributed by atoms with van der Waals surface area (Å²) in [7, 11) is 0. The van der Waals surface area contributed by atoms with Crippen LogP contribution in [0.1, 0.15) is 49.4 Å². The molecule has 0 radical (unpaired) electrons. The van der Waals surface area contributed by atoms with Crippen LogP contribution in [0, 0.1) is 0 Å². The molecular formula is C25H23N7O2. The van der Waals surface area contributed by atoms with Crippen molar-refractivity contribution in [2.75, 3.05) is 0 Å². The molecule has 9 nitrogen and oxygen atoms in total. The molecule has 1 saturated carbocycles. The topological polar surface area (TPSA) is 111 Å². The maximum Gasteiger partial charge on any atom is 0.267 e. The van der Waals surface area contributed by atoms with Gasteiger partial charge in [-0.1, -0.05) is 19.3 Å². The fourth-order valence-corrected chi connectivity index (χ4v) is 4.76. The molecular weight excluding hydrogens is 430 g/mol. The Morgan fingerprint density at radius 2 is 1.62 bits per heavy atom. The second kappa shape index (κ2) is 8.33. The van der Waals surface area contributed by atoms with Crippen LogP contribution < -0.4 is 11.1 Å². The van der Waals surface area contributed by atoms with E-state index in [4.69, 9.17) is 0 Å². The van der Waals surface area contributed by atoms with Crippen LogP contribution in [0.25, 0.3) is 27.8 Å². The Labute approximate surface area is 194 Å². The average molecular weight is 454 g/mol. The van der Waals surface area contributed by atoms with Gasteiger partial charge in [-0.25, -0.2) is 9.55 Å². The summed E-state index contributed by atoms with van der Waals surface area (Å²) < 4.78 is 3.02. The number of rotatable bonds is 4. The van der Waals surface area contributed by atoms with Gasteiger partial charge in [-0.05, 0) is 48.7 Å². The van der Waals surface area contributed by atoms with Crippen LogP contribution in [-0.2, 0) is 6.54 Å². The van der Waals surface area contributed by atoms with Crippen molar-refractivity contribution in [1.29, 1.82) is 0 Å². The largest absolute Gasteiger partial charge is 0.310 e. The predicted octanol–water partition coefficient (Wildman–Crippen LogP) is 3.31. The van der Waals surface area contributed by atoms with Crippen LogP contribution in [0.3, 0.4) is 0 Å². The van der Waals surface area contributed by atoms with Crippen molar-refractivity contribution in [3.63, 3.8) is 0 Å². The number of hydrogen-bond acceptors (Lipinski definition) is 6.